The summed E-state index contributed by atoms with van der Waals surface area (Å²) in [7, 11) is -8.47. The van der Waals surface area contributed by atoms with Gasteiger partial charge in [0.05, 0.1) is 17.1 Å². The lowest BCUT2D eigenvalue weighted by atomic mass is 9.83. The summed E-state index contributed by atoms with van der Waals surface area (Å²) >= 11 is 0. The van der Waals surface area contributed by atoms with Crippen LogP contribution in [0.25, 0.3) is 0 Å². The van der Waals surface area contributed by atoms with Crippen molar-refractivity contribution < 1.29 is 54.5 Å². The molecule has 3 aromatic rings. The minimum Gasteiger partial charge on any atom is -0.457 e. The van der Waals surface area contributed by atoms with Crippen LogP contribution in [-0.4, -0.2) is 77.9 Å². The Labute approximate surface area is 375 Å². The summed E-state index contributed by atoms with van der Waals surface area (Å²) in [5.74, 6) is -0.424. The lowest BCUT2D eigenvalue weighted by molar-refractivity contribution is -0.439. The number of carbonyl (C=O) groups excluding carboxylic acids is 3. The molecule has 0 bridgehead atoms. The number of rotatable bonds is 19. The molecule has 0 radical (unpaired) electrons. The van der Waals surface area contributed by atoms with Gasteiger partial charge in [0.25, 0.3) is 32.1 Å². The van der Waals surface area contributed by atoms with Crippen molar-refractivity contribution in [3.05, 3.63) is 119 Å². The van der Waals surface area contributed by atoms with E-state index >= 15 is 0 Å². The quantitative estimate of drug-likeness (QED) is 0.0508. The fraction of sp³-hybridized carbons (Fsp3) is 0.417. The molecule has 1 saturated heterocycles. The van der Waals surface area contributed by atoms with Gasteiger partial charge in [-0.15, -0.1) is 5.06 Å². The van der Waals surface area contributed by atoms with Gasteiger partial charge in [0, 0.05) is 67.1 Å². The molecule has 3 heterocycles. The molecule has 16 heteroatoms. The average Bonchev–Trinajstić information content (AvgIpc) is 3.84. The number of ether oxygens (including phenoxy) is 1. The number of benzene rings is 3. The van der Waals surface area contributed by atoms with Crippen LogP contribution in [0.5, 0.6) is 5.75 Å². The molecule has 1 fully saturated rings. The van der Waals surface area contributed by atoms with Crippen LogP contribution in [0, 0.1) is 0 Å². The molecule has 0 atom stereocenters. The molecule has 4 aliphatic rings. The van der Waals surface area contributed by atoms with E-state index in [-0.39, 0.29) is 35.3 Å². The predicted octanol–water partition coefficient (Wildman–Crippen LogP) is 8.32. The minimum absolute atomic E-state index is 0.0309. The fourth-order valence-corrected chi connectivity index (χ4v) is 10.2. The Morgan fingerprint density at radius 1 is 0.828 bits per heavy atom. The molecule has 2 amide bonds. The fourth-order valence-electron chi connectivity index (χ4n) is 9.14. The van der Waals surface area contributed by atoms with Crippen molar-refractivity contribution in [1.82, 2.24) is 5.06 Å². The number of allylic oxidation sites excluding steroid dienone is 5. The highest BCUT2D eigenvalue weighted by atomic mass is 32.2. The first-order chi connectivity index (χ1) is 30.5. The van der Waals surface area contributed by atoms with E-state index in [9.17, 15) is 40.3 Å². The SMILES string of the molecule is CC1(C)/C(=C\C=C2/CCCC(CCC3=[N+](CCCCCC(=O)ON4C(=O)CCC4=O)c4ccc(S(=O)(=O)O)cc4C3)=C2Oc2ccccc2)N(CCCCS(=O)(=O)O)c2ccccc21. The lowest BCUT2D eigenvalue weighted by Crippen LogP contribution is -2.31. The van der Waals surface area contributed by atoms with Crippen molar-refractivity contribution in [2.75, 3.05) is 23.7 Å². The Kier molecular flexibility index (Phi) is 14.4. The molecule has 0 spiro atoms. The smallest absolute Gasteiger partial charge is 0.333 e. The number of hydroxylamine groups is 2. The summed E-state index contributed by atoms with van der Waals surface area (Å²) in [6.07, 6.45) is 11.5. The van der Waals surface area contributed by atoms with Crippen LogP contribution in [0.4, 0.5) is 11.4 Å². The standard InChI is InChI=1S/C48H55N3O11S2/c1-48(2)40-18-8-9-19-42(40)50(30-11-12-31-63(55,56)57)43(48)26-22-35-15-13-14-34(47(35)61-38-16-5-3-6-17-38)21-23-37-32-36-33-39(64(58,59)60)24-25-41(36)49(37)29-10-4-7-20-46(54)62-51-44(52)27-28-45(51)53/h3,5-6,8-9,16-19,22,24-26,33H,4,7,10-15,20-21,23,27-32H2,1-2H3,(H-,55,56,57,58,59,60)/p+1/b35-22+,43-26+. The van der Waals surface area contributed by atoms with E-state index in [1.807, 2.05) is 42.5 Å². The normalized spacial score (nSPS) is 18.7. The topological polar surface area (TPSA) is 188 Å². The molecule has 2 N–H and O–H groups in total. The Balaban J connectivity index is 1.14. The Morgan fingerprint density at radius 2 is 1.56 bits per heavy atom. The van der Waals surface area contributed by atoms with E-state index in [2.05, 4.69) is 47.6 Å². The summed E-state index contributed by atoms with van der Waals surface area (Å²) in [4.78, 5) is 43.3. The number of carbonyl (C=O) groups is 3. The highest BCUT2D eigenvalue weighted by molar-refractivity contribution is 7.86. The molecule has 0 saturated carbocycles. The molecule has 0 aromatic heterocycles. The number of amides is 2. The third kappa shape index (κ3) is 11.1. The number of hydrogen-bond acceptors (Lipinski definition) is 10. The molecular weight excluding hydrogens is 859 g/mol. The molecule has 3 aromatic carbocycles. The Hall–Kier alpha value is -5.42. The van der Waals surface area contributed by atoms with Gasteiger partial charge in [-0.25, -0.2) is 4.79 Å². The summed E-state index contributed by atoms with van der Waals surface area (Å²) in [6, 6.07) is 22.6. The van der Waals surface area contributed by atoms with Crippen molar-refractivity contribution in [1.29, 1.82) is 0 Å². The number of imide groups is 1. The van der Waals surface area contributed by atoms with Gasteiger partial charge in [0.2, 0.25) is 5.69 Å². The summed E-state index contributed by atoms with van der Waals surface area (Å²) < 4.78 is 75.4. The number of anilines is 1. The van der Waals surface area contributed by atoms with E-state index in [0.717, 1.165) is 64.5 Å². The molecule has 7 rings (SSSR count). The van der Waals surface area contributed by atoms with Crippen molar-refractivity contribution in [3.63, 3.8) is 0 Å². The molecule has 0 unspecified atom stereocenters. The van der Waals surface area contributed by atoms with Gasteiger partial charge in [-0.3, -0.25) is 18.7 Å². The summed E-state index contributed by atoms with van der Waals surface area (Å²) in [6.45, 7) is 5.56. The second kappa shape index (κ2) is 19.8. The molecular formula is C48H56N3O11S2+. The Bertz CT molecular complexity index is 2630. The predicted molar refractivity (Wildman–Crippen MR) is 241 cm³/mol. The molecule has 3 aliphatic heterocycles. The monoisotopic (exact) mass is 914 g/mol. The van der Waals surface area contributed by atoms with E-state index in [4.69, 9.17) is 9.57 Å². The summed E-state index contributed by atoms with van der Waals surface area (Å²) in [5, 5.41) is 0.561. The maximum absolute atomic E-state index is 12.4. The first-order valence-electron chi connectivity index (χ1n) is 22.0. The van der Waals surface area contributed by atoms with Crippen molar-refractivity contribution in [2.45, 2.75) is 114 Å². The molecule has 64 heavy (non-hydrogen) atoms. The average molecular weight is 915 g/mol. The minimum atomic E-state index is -4.42. The van der Waals surface area contributed by atoms with Crippen LogP contribution in [0.3, 0.4) is 0 Å². The number of para-hydroxylation sites is 2. The third-order valence-electron chi connectivity index (χ3n) is 12.4. The largest absolute Gasteiger partial charge is 0.457 e. The van der Waals surface area contributed by atoms with Crippen LogP contribution in [0.15, 0.2) is 112 Å². The van der Waals surface area contributed by atoms with Gasteiger partial charge in [0.1, 0.15) is 18.1 Å². The van der Waals surface area contributed by atoms with Crippen LogP contribution >= 0.6 is 0 Å². The lowest BCUT2D eigenvalue weighted by Gasteiger charge is -2.28. The molecule has 1 aliphatic carbocycles. The van der Waals surface area contributed by atoms with E-state index in [1.54, 1.807) is 6.07 Å². The van der Waals surface area contributed by atoms with Crippen LogP contribution in [-0.2, 0) is 51.3 Å². The number of fused-ring (bicyclic) bond motifs is 2. The maximum atomic E-state index is 12.4. The highest BCUT2D eigenvalue weighted by Gasteiger charge is 2.40. The second-order valence-electron chi connectivity index (χ2n) is 17.2. The zero-order valence-corrected chi connectivity index (χ0v) is 38.0. The zero-order valence-electron chi connectivity index (χ0n) is 36.3. The van der Waals surface area contributed by atoms with Crippen LogP contribution < -0.4 is 9.64 Å². The molecule has 14 nitrogen and oxygen atoms in total. The van der Waals surface area contributed by atoms with Crippen LogP contribution in [0.1, 0.15) is 108 Å². The van der Waals surface area contributed by atoms with E-state index < -0.39 is 38.0 Å². The zero-order chi connectivity index (χ0) is 45.6. The second-order valence-corrected chi connectivity index (χ2v) is 20.2. The highest BCUT2D eigenvalue weighted by Crippen LogP contribution is 2.48. The van der Waals surface area contributed by atoms with Crippen LogP contribution in [0.2, 0.25) is 0 Å². The number of hydrogen-bond donors (Lipinski definition) is 2. The van der Waals surface area contributed by atoms with Gasteiger partial charge in [0.15, 0.2) is 5.71 Å². The van der Waals surface area contributed by atoms with E-state index in [0.29, 0.717) is 75.3 Å². The number of nitrogens with zero attached hydrogens (tertiary/aromatic N) is 3. The van der Waals surface area contributed by atoms with Gasteiger partial charge < -0.3 is 14.5 Å². The van der Waals surface area contributed by atoms with Gasteiger partial charge in [-0.1, -0.05) is 56.3 Å². The Morgan fingerprint density at radius 3 is 2.30 bits per heavy atom. The van der Waals surface area contributed by atoms with Gasteiger partial charge in [-0.05, 0) is 104 Å². The van der Waals surface area contributed by atoms with E-state index in [1.165, 1.54) is 17.7 Å². The van der Waals surface area contributed by atoms with Crippen molar-refractivity contribution in [2.24, 2.45) is 0 Å². The van der Waals surface area contributed by atoms with Gasteiger partial charge in [-0.2, -0.15) is 21.4 Å². The third-order valence-corrected chi connectivity index (χ3v) is 14.0. The summed E-state index contributed by atoms with van der Waals surface area (Å²) in [5.41, 5.74) is 7.94. The van der Waals surface area contributed by atoms with Crippen molar-refractivity contribution in [3.8, 4) is 5.75 Å². The number of unbranched alkanes of at least 4 members (excludes halogenated alkanes) is 3. The molecule has 340 valence electrons. The first kappa shape index (κ1) is 46.6. The first-order valence-corrected chi connectivity index (χ1v) is 25.0. The van der Waals surface area contributed by atoms with Crippen molar-refractivity contribution >= 4 is 55.1 Å². The maximum Gasteiger partial charge on any atom is 0.333 e. The van der Waals surface area contributed by atoms with Gasteiger partial charge >= 0.3 is 5.97 Å².